The second-order valence-corrected chi connectivity index (χ2v) is 4.62. The van der Waals surface area contributed by atoms with Crippen LogP contribution in [-0.4, -0.2) is 28.5 Å². The van der Waals surface area contributed by atoms with Gasteiger partial charge < -0.3 is 13.9 Å². The summed E-state index contributed by atoms with van der Waals surface area (Å²) in [5.74, 6) is -0.887. The molecule has 0 amide bonds. The summed E-state index contributed by atoms with van der Waals surface area (Å²) in [7, 11) is 0. The number of carbonyl (C=O) groups is 2. The number of para-hydroxylation sites is 2. The van der Waals surface area contributed by atoms with Crippen molar-refractivity contribution >= 4 is 35.0 Å². The van der Waals surface area contributed by atoms with Crippen LogP contribution < -0.4 is 0 Å². The smallest absolute Gasteiger partial charge is 0.466 e. The zero-order chi connectivity index (χ0) is 14.4. The molecule has 1 N–H and O–H groups in total. The van der Waals surface area contributed by atoms with Crippen molar-refractivity contribution in [3.05, 3.63) is 24.3 Å². The number of esters is 1. The van der Waals surface area contributed by atoms with E-state index in [0.717, 1.165) is 23.1 Å². The average Bonchev–Trinajstić information content (AvgIpc) is 2.86. The molecule has 0 aliphatic heterocycles. The standard InChI is InChI=1S/C13H14N2O4S.Zn/c1-2-18-11(16)7-8-12(17)19-20-13-14-9-5-3-4-6-10(9)15-13;/h3-6H,2,7-8H2,1H3,(H,14,15);/q;+2. The van der Waals surface area contributed by atoms with Crippen LogP contribution >= 0.6 is 12.0 Å². The molecule has 0 bridgehead atoms. The Labute approximate surface area is 138 Å². The van der Waals surface area contributed by atoms with Gasteiger partial charge >= 0.3 is 31.4 Å². The van der Waals surface area contributed by atoms with E-state index in [1.807, 2.05) is 24.3 Å². The van der Waals surface area contributed by atoms with Gasteiger partial charge in [0.2, 0.25) is 5.16 Å². The van der Waals surface area contributed by atoms with E-state index in [0.29, 0.717) is 11.8 Å². The number of nitrogens with zero attached hydrogens (tertiary/aromatic N) is 1. The Kier molecular flexibility index (Phi) is 7.39. The normalized spacial score (nSPS) is 9.95. The third-order valence-electron chi connectivity index (χ3n) is 2.42. The maximum Gasteiger partial charge on any atom is 2.00 e. The van der Waals surface area contributed by atoms with E-state index in [1.165, 1.54) is 0 Å². The first-order valence-corrected chi connectivity index (χ1v) is 6.91. The molecule has 0 radical (unpaired) electrons. The average molecular weight is 360 g/mol. The molecule has 8 heteroatoms. The number of aromatic nitrogens is 2. The minimum Gasteiger partial charge on any atom is -0.466 e. The fourth-order valence-corrected chi connectivity index (χ4v) is 2.08. The van der Waals surface area contributed by atoms with Gasteiger partial charge in [0.25, 0.3) is 0 Å². The minimum absolute atomic E-state index is 0. The van der Waals surface area contributed by atoms with E-state index in [-0.39, 0.29) is 32.3 Å². The van der Waals surface area contributed by atoms with Crippen molar-refractivity contribution in [2.75, 3.05) is 6.61 Å². The summed E-state index contributed by atoms with van der Waals surface area (Å²) in [5, 5.41) is 0.496. The summed E-state index contributed by atoms with van der Waals surface area (Å²) < 4.78 is 9.69. The molecular formula is C13H14N2O4SZn+2. The van der Waals surface area contributed by atoms with Crippen LogP contribution in [0.3, 0.4) is 0 Å². The molecule has 1 aromatic heterocycles. The summed E-state index contributed by atoms with van der Waals surface area (Å²) in [6.07, 6.45) is 0.0133. The van der Waals surface area contributed by atoms with Crippen molar-refractivity contribution in [3.8, 4) is 0 Å². The zero-order valence-corrected chi connectivity index (χ0v) is 15.4. The van der Waals surface area contributed by atoms with E-state index < -0.39 is 11.9 Å². The number of carbonyl (C=O) groups excluding carboxylic acids is 2. The van der Waals surface area contributed by atoms with Gasteiger partial charge in [-0.3, -0.25) is 9.59 Å². The number of nitrogens with one attached hydrogen (secondary N) is 1. The molecule has 21 heavy (non-hydrogen) atoms. The first-order valence-electron chi connectivity index (χ1n) is 6.16. The zero-order valence-electron chi connectivity index (χ0n) is 11.6. The van der Waals surface area contributed by atoms with E-state index in [1.54, 1.807) is 6.92 Å². The third-order valence-corrected chi connectivity index (χ3v) is 3.04. The molecule has 0 fully saturated rings. The Morgan fingerprint density at radius 3 is 2.67 bits per heavy atom. The number of imidazole rings is 1. The fraction of sp³-hybridized carbons (Fsp3) is 0.308. The van der Waals surface area contributed by atoms with Crippen LogP contribution in [0.1, 0.15) is 19.8 Å². The van der Waals surface area contributed by atoms with Gasteiger partial charge in [0, 0.05) is 0 Å². The monoisotopic (exact) mass is 358 g/mol. The van der Waals surface area contributed by atoms with Crippen molar-refractivity contribution in [1.29, 1.82) is 0 Å². The first kappa shape index (κ1) is 17.7. The number of ether oxygens (including phenoxy) is 1. The largest absolute Gasteiger partial charge is 2.00 e. The molecule has 0 aliphatic rings. The number of hydrogen-bond acceptors (Lipinski definition) is 6. The van der Waals surface area contributed by atoms with Gasteiger partial charge in [-0.05, 0) is 19.1 Å². The Morgan fingerprint density at radius 2 is 1.95 bits per heavy atom. The van der Waals surface area contributed by atoms with Gasteiger partial charge in [0.15, 0.2) is 0 Å². The Bertz CT molecular complexity index is 584. The van der Waals surface area contributed by atoms with Crippen LogP contribution in [0.5, 0.6) is 0 Å². The van der Waals surface area contributed by atoms with Gasteiger partial charge in [-0.15, -0.1) is 0 Å². The SMILES string of the molecule is CCOC(=O)CCC(=O)OSc1nc2ccccc2[nH]1.[Zn+2]. The molecule has 0 spiro atoms. The second kappa shape index (κ2) is 8.79. The third kappa shape index (κ3) is 5.48. The topological polar surface area (TPSA) is 81.3 Å². The van der Waals surface area contributed by atoms with E-state index in [9.17, 15) is 9.59 Å². The predicted octanol–water partition coefficient (Wildman–Crippen LogP) is 2.45. The first-order chi connectivity index (χ1) is 9.69. The number of hydrogen-bond donors (Lipinski definition) is 1. The van der Waals surface area contributed by atoms with Crippen molar-refractivity contribution in [3.63, 3.8) is 0 Å². The Morgan fingerprint density at radius 1 is 1.24 bits per heavy atom. The van der Waals surface area contributed by atoms with Crippen molar-refractivity contribution in [2.45, 2.75) is 24.9 Å². The maximum absolute atomic E-state index is 11.4. The predicted molar refractivity (Wildman–Crippen MR) is 73.9 cm³/mol. The number of aromatic amines is 1. The number of benzene rings is 1. The van der Waals surface area contributed by atoms with Crippen molar-refractivity contribution in [2.24, 2.45) is 0 Å². The summed E-state index contributed by atoms with van der Waals surface area (Å²) in [6, 6.07) is 7.51. The number of H-pyrrole nitrogens is 1. The molecule has 0 atom stereocenters. The molecule has 0 aliphatic carbocycles. The van der Waals surface area contributed by atoms with Crippen LogP contribution in [0.2, 0.25) is 0 Å². The fourth-order valence-electron chi connectivity index (χ4n) is 1.53. The number of fused-ring (bicyclic) bond motifs is 1. The van der Waals surface area contributed by atoms with Gasteiger partial charge in [-0.2, -0.15) is 0 Å². The Hall–Kier alpha value is -1.40. The molecule has 0 saturated heterocycles. The molecule has 6 nitrogen and oxygen atoms in total. The molecule has 2 aromatic rings. The van der Waals surface area contributed by atoms with Crippen LogP contribution in [0.15, 0.2) is 29.4 Å². The van der Waals surface area contributed by atoms with Gasteiger partial charge in [-0.25, -0.2) is 4.98 Å². The molecular weight excluding hydrogens is 346 g/mol. The summed E-state index contributed by atoms with van der Waals surface area (Å²) >= 11 is 0.851. The van der Waals surface area contributed by atoms with Crippen LogP contribution in [0.25, 0.3) is 11.0 Å². The van der Waals surface area contributed by atoms with E-state index >= 15 is 0 Å². The number of rotatable bonds is 6. The minimum atomic E-state index is -0.483. The Balaban J connectivity index is 0.00000220. The van der Waals surface area contributed by atoms with Gasteiger partial charge in [0.1, 0.15) is 12.0 Å². The van der Waals surface area contributed by atoms with Gasteiger partial charge in [-0.1, -0.05) is 12.1 Å². The van der Waals surface area contributed by atoms with Crippen LogP contribution in [0.4, 0.5) is 0 Å². The molecule has 1 aromatic carbocycles. The summed E-state index contributed by atoms with van der Waals surface area (Å²) in [5.41, 5.74) is 1.68. The van der Waals surface area contributed by atoms with Gasteiger partial charge in [0.05, 0.1) is 30.5 Å². The van der Waals surface area contributed by atoms with E-state index in [4.69, 9.17) is 8.92 Å². The second-order valence-electron chi connectivity index (χ2n) is 3.90. The molecule has 1 heterocycles. The quantitative estimate of drug-likeness (QED) is 0.485. The van der Waals surface area contributed by atoms with Crippen molar-refractivity contribution in [1.82, 2.24) is 9.97 Å². The van der Waals surface area contributed by atoms with E-state index in [2.05, 4.69) is 9.97 Å². The maximum atomic E-state index is 11.4. The van der Waals surface area contributed by atoms with Crippen LogP contribution in [0, 0.1) is 0 Å². The molecule has 106 valence electrons. The summed E-state index contributed by atoms with van der Waals surface area (Å²) in [4.78, 5) is 29.8. The van der Waals surface area contributed by atoms with Crippen molar-refractivity contribution < 1.29 is 38.0 Å². The summed E-state index contributed by atoms with van der Waals surface area (Å²) in [6.45, 7) is 2.02. The molecule has 0 unspecified atom stereocenters. The van der Waals surface area contributed by atoms with Crippen LogP contribution in [-0.2, 0) is 38.0 Å². The molecule has 2 rings (SSSR count). The molecule has 0 saturated carbocycles.